The average molecular weight is 409 g/mol. The van der Waals surface area contributed by atoms with E-state index >= 15 is 0 Å². The van der Waals surface area contributed by atoms with Crippen LogP contribution in [0.1, 0.15) is 49.9 Å². The Morgan fingerprint density at radius 3 is 2.17 bits per heavy atom. The van der Waals surface area contributed by atoms with Crippen LogP contribution in [0.2, 0.25) is 0 Å². The van der Waals surface area contributed by atoms with Crippen molar-refractivity contribution in [2.75, 3.05) is 7.05 Å². The van der Waals surface area contributed by atoms with Gasteiger partial charge in [0.1, 0.15) is 12.1 Å². The lowest BCUT2D eigenvalue weighted by atomic mass is 9.54. The second-order valence-electron chi connectivity index (χ2n) is 8.00. The number of rotatable bonds is 3. The van der Waals surface area contributed by atoms with E-state index in [0.717, 1.165) is 56.7 Å². The summed E-state index contributed by atoms with van der Waals surface area (Å²) in [7, 11) is 3.39. The standard InChI is InChI=1S/C19H20F3N3O.CH6N2/c1-25-15(13-4-2-3-5-14(13)19(20,21)22)23-24-16(25)18-9-6-17(12-26,7-10-18)8-11-18;1-3-2/h2-5,12H,6-11H2,1H3;3H,2H2,1H3. The highest BCUT2D eigenvalue weighted by Crippen LogP contribution is 2.56. The number of aldehydes is 1. The number of hydrogen-bond acceptors (Lipinski definition) is 5. The fourth-order valence-corrected chi connectivity index (χ4v) is 4.68. The molecule has 1 aromatic heterocycles. The molecule has 29 heavy (non-hydrogen) atoms. The smallest absolute Gasteiger partial charge is 0.314 e. The summed E-state index contributed by atoms with van der Waals surface area (Å²) in [5.74, 6) is 5.57. The Bertz CT molecular complexity index is 853. The average Bonchev–Trinajstić information content (AvgIpc) is 3.11. The maximum Gasteiger partial charge on any atom is 0.417 e. The van der Waals surface area contributed by atoms with Gasteiger partial charge in [0.05, 0.1) is 5.56 Å². The molecule has 6 nitrogen and oxygen atoms in total. The first kappa shape index (κ1) is 21.4. The highest BCUT2D eigenvalue weighted by molar-refractivity contribution is 5.62. The van der Waals surface area contributed by atoms with Gasteiger partial charge in [-0.1, -0.05) is 18.2 Å². The summed E-state index contributed by atoms with van der Waals surface area (Å²) >= 11 is 0. The number of carbonyl (C=O) groups excluding carboxylic acids is 1. The third-order valence-corrected chi connectivity index (χ3v) is 6.38. The van der Waals surface area contributed by atoms with E-state index in [2.05, 4.69) is 21.5 Å². The van der Waals surface area contributed by atoms with Crippen molar-refractivity contribution in [1.29, 1.82) is 0 Å². The van der Waals surface area contributed by atoms with E-state index in [4.69, 9.17) is 0 Å². The first-order valence-corrected chi connectivity index (χ1v) is 9.62. The van der Waals surface area contributed by atoms with Gasteiger partial charge in [0.25, 0.3) is 0 Å². The van der Waals surface area contributed by atoms with Gasteiger partial charge in [0, 0.05) is 23.4 Å². The van der Waals surface area contributed by atoms with Crippen molar-refractivity contribution < 1.29 is 18.0 Å². The highest BCUT2D eigenvalue weighted by atomic mass is 19.4. The van der Waals surface area contributed by atoms with Crippen molar-refractivity contribution in [3.8, 4) is 11.4 Å². The van der Waals surface area contributed by atoms with Crippen LogP contribution in [0.15, 0.2) is 24.3 Å². The summed E-state index contributed by atoms with van der Waals surface area (Å²) in [4.78, 5) is 11.4. The summed E-state index contributed by atoms with van der Waals surface area (Å²) in [6, 6.07) is 5.47. The number of hydrogen-bond donors (Lipinski definition) is 2. The lowest BCUT2D eigenvalue weighted by Crippen LogP contribution is -2.46. The molecule has 3 aliphatic carbocycles. The molecular formula is C20H26F3N5O. The molecule has 3 N–H and O–H groups in total. The SMILES string of the molecule is CNN.Cn1c(-c2ccccc2C(F)(F)F)nnc1C12CCC(C=O)(CC1)CC2. The van der Waals surface area contributed by atoms with Gasteiger partial charge in [0.2, 0.25) is 0 Å². The normalized spacial score (nSPS) is 26.0. The molecule has 2 aromatic rings. The number of nitrogens with one attached hydrogen (secondary N) is 1. The Morgan fingerprint density at radius 2 is 1.66 bits per heavy atom. The topological polar surface area (TPSA) is 85.8 Å². The molecule has 0 unspecified atom stereocenters. The molecule has 0 atom stereocenters. The van der Waals surface area contributed by atoms with Crippen LogP contribution >= 0.6 is 0 Å². The monoisotopic (exact) mass is 409 g/mol. The number of nitrogens with zero attached hydrogens (tertiary/aromatic N) is 3. The van der Waals surface area contributed by atoms with E-state index in [-0.39, 0.29) is 22.2 Å². The number of alkyl halides is 3. The maximum absolute atomic E-state index is 13.4. The summed E-state index contributed by atoms with van der Waals surface area (Å²) in [5, 5.41) is 8.44. The first-order chi connectivity index (χ1) is 13.7. The number of carbonyl (C=O) groups is 1. The second-order valence-corrected chi connectivity index (χ2v) is 8.00. The number of halogens is 3. The van der Waals surface area contributed by atoms with E-state index in [1.54, 1.807) is 24.7 Å². The quantitative estimate of drug-likeness (QED) is 0.461. The van der Waals surface area contributed by atoms with Crippen molar-refractivity contribution in [2.45, 2.75) is 50.1 Å². The van der Waals surface area contributed by atoms with E-state index in [9.17, 15) is 18.0 Å². The molecule has 3 aliphatic rings. The number of fused-ring (bicyclic) bond motifs is 3. The first-order valence-electron chi connectivity index (χ1n) is 9.62. The van der Waals surface area contributed by atoms with E-state index in [0.29, 0.717) is 0 Å². The summed E-state index contributed by atoms with van der Waals surface area (Å²) in [5.41, 5.74) is 1.21. The molecule has 5 rings (SSSR count). The lowest BCUT2D eigenvalue weighted by Gasteiger charge is -2.50. The fraction of sp³-hybridized carbons (Fsp3) is 0.550. The molecule has 0 amide bonds. The Labute approximate surface area is 167 Å². The van der Waals surface area contributed by atoms with Gasteiger partial charge in [-0.15, -0.1) is 10.2 Å². The molecule has 1 aromatic carbocycles. The van der Waals surface area contributed by atoms with Crippen LogP contribution in [0.4, 0.5) is 13.2 Å². The van der Waals surface area contributed by atoms with Crippen molar-refractivity contribution >= 4 is 6.29 Å². The van der Waals surface area contributed by atoms with Crippen molar-refractivity contribution in [3.63, 3.8) is 0 Å². The molecule has 3 saturated carbocycles. The number of nitrogens with two attached hydrogens (primary N) is 1. The third kappa shape index (κ3) is 3.81. The molecule has 0 aliphatic heterocycles. The van der Waals surface area contributed by atoms with Gasteiger partial charge in [-0.25, -0.2) is 0 Å². The zero-order valence-electron chi connectivity index (χ0n) is 16.6. The summed E-state index contributed by atoms with van der Waals surface area (Å²) in [6.07, 6.45) is 1.60. The molecule has 2 bridgehead atoms. The predicted molar refractivity (Wildman–Crippen MR) is 103 cm³/mol. The minimum atomic E-state index is -4.44. The lowest BCUT2D eigenvalue weighted by molar-refractivity contribution is -0.137. The Hall–Kier alpha value is -2.26. The number of aromatic nitrogens is 3. The molecule has 9 heteroatoms. The van der Waals surface area contributed by atoms with Crippen LogP contribution < -0.4 is 11.3 Å². The fourth-order valence-electron chi connectivity index (χ4n) is 4.68. The Kier molecular flexibility index (Phi) is 5.82. The van der Waals surface area contributed by atoms with Crippen LogP contribution in [-0.2, 0) is 23.4 Å². The number of benzene rings is 1. The van der Waals surface area contributed by atoms with Crippen LogP contribution in [0.5, 0.6) is 0 Å². The van der Waals surface area contributed by atoms with Gasteiger partial charge in [0.15, 0.2) is 5.82 Å². The zero-order valence-corrected chi connectivity index (χ0v) is 16.6. The minimum absolute atomic E-state index is 0.0477. The van der Waals surface area contributed by atoms with Crippen molar-refractivity contribution in [3.05, 3.63) is 35.7 Å². The predicted octanol–water partition coefficient (Wildman–Crippen LogP) is 3.37. The van der Waals surface area contributed by atoms with Gasteiger partial charge in [-0.05, 0) is 51.6 Å². The van der Waals surface area contributed by atoms with Gasteiger partial charge in [-0.2, -0.15) is 13.2 Å². The van der Waals surface area contributed by atoms with E-state index < -0.39 is 11.7 Å². The summed E-state index contributed by atoms with van der Waals surface area (Å²) < 4.78 is 41.8. The van der Waals surface area contributed by atoms with Gasteiger partial charge >= 0.3 is 6.18 Å². The second kappa shape index (κ2) is 7.87. The number of hydrazine groups is 1. The third-order valence-electron chi connectivity index (χ3n) is 6.38. The van der Waals surface area contributed by atoms with Crippen LogP contribution in [0.25, 0.3) is 11.4 Å². The molecule has 3 fully saturated rings. The van der Waals surface area contributed by atoms with E-state index in [1.807, 2.05) is 0 Å². The summed E-state index contributed by atoms with van der Waals surface area (Å²) in [6.45, 7) is 0. The van der Waals surface area contributed by atoms with E-state index in [1.165, 1.54) is 12.1 Å². The van der Waals surface area contributed by atoms with Crippen LogP contribution in [0, 0.1) is 5.41 Å². The molecule has 1 heterocycles. The molecule has 0 spiro atoms. The highest BCUT2D eigenvalue weighted by Gasteiger charge is 2.51. The van der Waals surface area contributed by atoms with Crippen LogP contribution in [0.3, 0.4) is 0 Å². The van der Waals surface area contributed by atoms with Crippen molar-refractivity contribution in [2.24, 2.45) is 18.3 Å². The zero-order chi connectivity index (χ0) is 21.3. The largest absolute Gasteiger partial charge is 0.417 e. The Morgan fingerprint density at radius 1 is 1.10 bits per heavy atom. The molecule has 0 saturated heterocycles. The minimum Gasteiger partial charge on any atom is -0.314 e. The molecular weight excluding hydrogens is 383 g/mol. The van der Waals surface area contributed by atoms with Crippen LogP contribution in [-0.4, -0.2) is 28.1 Å². The Balaban J connectivity index is 0.000000755. The molecule has 0 radical (unpaired) electrons. The van der Waals surface area contributed by atoms with Gasteiger partial charge in [-0.3, -0.25) is 11.3 Å². The van der Waals surface area contributed by atoms with Crippen molar-refractivity contribution in [1.82, 2.24) is 20.2 Å². The maximum atomic E-state index is 13.4. The van der Waals surface area contributed by atoms with Gasteiger partial charge < -0.3 is 9.36 Å². The molecule has 158 valence electrons.